The Morgan fingerprint density at radius 1 is 1.54 bits per heavy atom. The van der Waals surface area contributed by atoms with Crippen molar-refractivity contribution >= 4 is 17.1 Å². The summed E-state index contributed by atoms with van der Waals surface area (Å²) in [6.45, 7) is 1.39. The van der Waals surface area contributed by atoms with E-state index in [-0.39, 0.29) is 11.7 Å². The molecule has 5 heteroatoms. The molecule has 0 aliphatic carbocycles. The lowest BCUT2D eigenvalue weighted by Gasteiger charge is -1.84. The van der Waals surface area contributed by atoms with Gasteiger partial charge in [-0.25, -0.2) is 0 Å². The van der Waals surface area contributed by atoms with Crippen molar-refractivity contribution in [3.63, 3.8) is 0 Å². The van der Waals surface area contributed by atoms with Crippen LogP contribution in [0.3, 0.4) is 0 Å². The number of thiophene rings is 1. The normalized spacial score (nSPS) is 10.2. The molecule has 0 unspecified atom stereocenters. The second-order valence-corrected chi connectivity index (χ2v) is 3.39. The van der Waals surface area contributed by atoms with Crippen LogP contribution in [0.25, 0.3) is 10.8 Å². The van der Waals surface area contributed by atoms with Crippen molar-refractivity contribution in [2.24, 2.45) is 0 Å². The lowest BCUT2D eigenvalue weighted by atomic mass is 10.4. The average Bonchev–Trinajstić information content (AvgIpc) is 2.75. The van der Waals surface area contributed by atoms with Gasteiger partial charge in [-0.15, -0.1) is 21.5 Å². The zero-order chi connectivity index (χ0) is 9.26. The number of Topliss-reactive ketones (excluding diaryl/α,β-unsaturated/α-hetero) is 1. The largest absolute Gasteiger partial charge is 0.413 e. The Bertz CT molecular complexity index is 419. The van der Waals surface area contributed by atoms with Crippen molar-refractivity contribution in [2.75, 3.05) is 0 Å². The van der Waals surface area contributed by atoms with Crippen LogP contribution in [-0.4, -0.2) is 16.0 Å². The molecule has 66 valence electrons. The van der Waals surface area contributed by atoms with E-state index in [1.54, 1.807) is 0 Å². The highest BCUT2D eigenvalue weighted by atomic mass is 32.1. The molecule has 0 saturated heterocycles. The topological polar surface area (TPSA) is 56.0 Å². The average molecular weight is 194 g/mol. The first-order valence-corrected chi connectivity index (χ1v) is 4.53. The molecule has 13 heavy (non-hydrogen) atoms. The van der Waals surface area contributed by atoms with Gasteiger partial charge in [0.15, 0.2) is 0 Å². The summed E-state index contributed by atoms with van der Waals surface area (Å²) in [7, 11) is 0. The molecule has 0 aliphatic rings. The van der Waals surface area contributed by atoms with Crippen LogP contribution in [0.2, 0.25) is 0 Å². The minimum absolute atomic E-state index is 0.0587. The van der Waals surface area contributed by atoms with E-state index in [0.717, 1.165) is 4.88 Å². The molecule has 2 aromatic rings. The van der Waals surface area contributed by atoms with Crippen LogP contribution in [0.4, 0.5) is 0 Å². The van der Waals surface area contributed by atoms with Crippen LogP contribution in [0.5, 0.6) is 0 Å². The Kier molecular flexibility index (Phi) is 1.94. The fourth-order valence-corrected chi connectivity index (χ4v) is 1.51. The molecular weight excluding hydrogens is 188 g/mol. The Hall–Kier alpha value is -1.49. The molecule has 2 heterocycles. The third-order valence-corrected chi connectivity index (χ3v) is 2.32. The van der Waals surface area contributed by atoms with Gasteiger partial charge in [-0.2, -0.15) is 0 Å². The van der Waals surface area contributed by atoms with E-state index in [4.69, 9.17) is 4.42 Å². The Labute approximate surface area is 78.2 Å². The summed E-state index contributed by atoms with van der Waals surface area (Å²) in [5.74, 6) is 0.249. The first-order valence-electron chi connectivity index (χ1n) is 3.65. The molecule has 0 spiro atoms. The molecule has 4 nitrogen and oxygen atoms in total. The van der Waals surface area contributed by atoms with Gasteiger partial charge in [0, 0.05) is 6.92 Å². The highest BCUT2D eigenvalue weighted by Crippen LogP contribution is 2.22. The van der Waals surface area contributed by atoms with E-state index in [0.29, 0.717) is 5.89 Å². The molecule has 0 N–H and O–H groups in total. The molecule has 0 bridgehead atoms. The van der Waals surface area contributed by atoms with Crippen LogP contribution in [0.15, 0.2) is 21.9 Å². The second-order valence-electron chi connectivity index (χ2n) is 2.45. The second kappa shape index (κ2) is 3.10. The number of carbonyl (C=O) groups excluding carboxylic acids is 1. The third-order valence-electron chi connectivity index (χ3n) is 1.46. The smallest absolute Gasteiger partial charge is 0.283 e. The van der Waals surface area contributed by atoms with Crippen molar-refractivity contribution in [2.45, 2.75) is 6.92 Å². The lowest BCUT2D eigenvalue weighted by Crippen LogP contribution is -1.90. The molecule has 2 aromatic heterocycles. The summed E-state index contributed by atoms with van der Waals surface area (Å²) in [4.78, 5) is 11.7. The summed E-state index contributed by atoms with van der Waals surface area (Å²) in [6.07, 6.45) is 0. The van der Waals surface area contributed by atoms with Gasteiger partial charge in [0.05, 0.1) is 4.88 Å². The summed E-state index contributed by atoms with van der Waals surface area (Å²) < 4.78 is 5.13. The van der Waals surface area contributed by atoms with Crippen LogP contribution in [0, 0.1) is 0 Å². The highest BCUT2D eigenvalue weighted by molar-refractivity contribution is 7.13. The number of nitrogens with zero attached hydrogens (tertiary/aromatic N) is 2. The van der Waals surface area contributed by atoms with Gasteiger partial charge in [-0.3, -0.25) is 4.79 Å². The molecule has 0 radical (unpaired) electrons. The Balaban J connectivity index is 2.39. The van der Waals surface area contributed by atoms with Crippen LogP contribution >= 0.6 is 11.3 Å². The van der Waals surface area contributed by atoms with Gasteiger partial charge in [-0.1, -0.05) is 6.07 Å². The molecular formula is C8H6N2O2S. The minimum Gasteiger partial charge on any atom is -0.413 e. The van der Waals surface area contributed by atoms with Crippen molar-refractivity contribution in [1.82, 2.24) is 10.2 Å². The molecule has 0 aromatic carbocycles. The SMILES string of the molecule is CC(=O)c1nnc(-c2cccs2)o1. The monoisotopic (exact) mass is 194 g/mol. The number of aromatic nitrogens is 2. The molecule has 0 fully saturated rings. The van der Waals surface area contributed by atoms with Crippen molar-refractivity contribution < 1.29 is 9.21 Å². The quantitative estimate of drug-likeness (QED) is 0.686. The standard InChI is InChI=1S/C8H6N2O2S/c1-5(11)7-9-10-8(12-7)6-3-2-4-13-6/h2-4H,1H3. The molecule has 0 atom stereocenters. The van der Waals surface area contributed by atoms with E-state index in [2.05, 4.69) is 10.2 Å². The van der Waals surface area contributed by atoms with E-state index in [1.807, 2.05) is 17.5 Å². The first kappa shape index (κ1) is 8.12. The summed E-state index contributed by atoms with van der Waals surface area (Å²) in [5, 5.41) is 9.27. The predicted octanol–water partition coefficient (Wildman–Crippen LogP) is 2.00. The minimum atomic E-state index is -0.213. The first-order chi connectivity index (χ1) is 6.27. The zero-order valence-corrected chi connectivity index (χ0v) is 7.67. The molecule has 2 rings (SSSR count). The van der Waals surface area contributed by atoms with Crippen molar-refractivity contribution in [3.05, 3.63) is 23.4 Å². The number of carbonyl (C=O) groups is 1. The number of hydrogen-bond acceptors (Lipinski definition) is 5. The van der Waals surface area contributed by atoms with E-state index >= 15 is 0 Å². The summed E-state index contributed by atoms with van der Waals surface area (Å²) >= 11 is 1.49. The van der Waals surface area contributed by atoms with Gasteiger partial charge in [0.1, 0.15) is 0 Å². The van der Waals surface area contributed by atoms with Gasteiger partial charge >= 0.3 is 0 Å². The Morgan fingerprint density at radius 2 is 2.38 bits per heavy atom. The van der Waals surface area contributed by atoms with Crippen molar-refractivity contribution in [3.8, 4) is 10.8 Å². The molecule has 0 amide bonds. The van der Waals surface area contributed by atoms with Gasteiger partial charge in [-0.05, 0) is 11.4 Å². The number of ketones is 1. The summed E-state index contributed by atoms with van der Waals surface area (Å²) in [6, 6.07) is 3.75. The van der Waals surface area contributed by atoms with E-state index < -0.39 is 0 Å². The maximum atomic E-state index is 10.8. The Morgan fingerprint density at radius 3 is 2.92 bits per heavy atom. The maximum Gasteiger partial charge on any atom is 0.283 e. The van der Waals surface area contributed by atoms with Gasteiger partial charge in [0.2, 0.25) is 5.78 Å². The maximum absolute atomic E-state index is 10.8. The summed E-state index contributed by atoms with van der Waals surface area (Å²) in [5.41, 5.74) is 0. The van der Waals surface area contributed by atoms with E-state index in [9.17, 15) is 4.79 Å². The number of hydrogen-bond donors (Lipinski definition) is 0. The van der Waals surface area contributed by atoms with Crippen LogP contribution in [-0.2, 0) is 0 Å². The highest BCUT2D eigenvalue weighted by Gasteiger charge is 2.11. The van der Waals surface area contributed by atoms with Crippen LogP contribution in [0.1, 0.15) is 17.6 Å². The lowest BCUT2D eigenvalue weighted by molar-refractivity contribution is 0.0981. The van der Waals surface area contributed by atoms with Crippen LogP contribution < -0.4 is 0 Å². The van der Waals surface area contributed by atoms with Gasteiger partial charge in [0.25, 0.3) is 11.8 Å². The molecule has 0 aliphatic heterocycles. The third kappa shape index (κ3) is 1.50. The predicted molar refractivity (Wildman–Crippen MR) is 47.6 cm³/mol. The fraction of sp³-hybridized carbons (Fsp3) is 0.125. The molecule has 0 saturated carbocycles. The van der Waals surface area contributed by atoms with E-state index in [1.165, 1.54) is 18.3 Å². The number of rotatable bonds is 2. The zero-order valence-electron chi connectivity index (χ0n) is 6.85. The fourth-order valence-electron chi connectivity index (χ4n) is 0.865. The van der Waals surface area contributed by atoms with Gasteiger partial charge < -0.3 is 4.42 Å². The van der Waals surface area contributed by atoms with Crippen molar-refractivity contribution in [1.29, 1.82) is 0 Å².